The van der Waals surface area contributed by atoms with Gasteiger partial charge in [0.05, 0.1) is 5.56 Å². The largest absolute Gasteiger partial charge is 0.508 e. The molecule has 0 bridgehead atoms. The summed E-state index contributed by atoms with van der Waals surface area (Å²) in [7, 11) is -9.71. The summed E-state index contributed by atoms with van der Waals surface area (Å²) in [5.41, 5.74) is -1.92. The second kappa shape index (κ2) is 7.11. The van der Waals surface area contributed by atoms with Gasteiger partial charge in [-0.05, 0) is 17.5 Å². The van der Waals surface area contributed by atoms with Crippen molar-refractivity contribution in [2.45, 2.75) is 58.1 Å². The van der Waals surface area contributed by atoms with E-state index in [9.17, 15) is 32.7 Å². The Labute approximate surface area is 164 Å². The monoisotopic (exact) mass is 435 g/mol. The standard InChI is InChI=1S/C17H26NO8PS/c1-9(2)13-7-12(19)8-14-15(13)16(20)18(28(14,24)25)17(10(3)4,11(5)6)26-27(21,22)23/h7-11,19H,1-6H3,(H2,21,22,23). The smallest absolute Gasteiger partial charge is 0.471 e. The van der Waals surface area contributed by atoms with Crippen molar-refractivity contribution in [1.29, 1.82) is 0 Å². The maximum Gasteiger partial charge on any atom is 0.471 e. The first kappa shape index (κ1) is 22.8. The number of fused-ring (bicyclic) bond motifs is 1. The Kier molecular flexibility index (Phi) is 5.80. The molecule has 0 aliphatic carbocycles. The fourth-order valence-corrected chi connectivity index (χ4v) is 6.75. The molecule has 0 fully saturated rings. The normalized spacial score (nSPS) is 17.1. The van der Waals surface area contributed by atoms with Crippen LogP contribution in [0.25, 0.3) is 0 Å². The number of sulfonamides is 1. The predicted molar refractivity (Wildman–Crippen MR) is 101 cm³/mol. The first-order valence-corrected chi connectivity index (χ1v) is 11.8. The fraction of sp³-hybridized carbons (Fsp3) is 0.588. The van der Waals surface area contributed by atoms with Gasteiger partial charge in [0.1, 0.15) is 10.6 Å². The number of phosphoric ester groups is 1. The lowest BCUT2D eigenvalue weighted by Gasteiger charge is -2.45. The van der Waals surface area contributed by atoms with E-state index < -0.39 is 46.2 Å². The van der Waals surface area contributed by atoms with Crippen LogP contribution in [0.5, 0.6) is 5.75 Å². The molecule has 0 unspecified atom stereocenters. The summed E-state index contributed by atoms with van der Waals surface area (Å²) in [6.45, 7) is 9.54. The molecule has 0 atom stereocenters. The van der Waals surface area contributed by atoms with E-state index in [1.54, 1.807) is 13.8 Å². The number of amides is 1. The minimum absolute atomic E-state index is 0.118. The number of phenols is 1. The average molecular weight is 435 g/mol. The molecule has 28 heavy (non-hydrogen) atoms. The Morgan fingerprint density at radius 1 is 1.07 bits per heavy atom. The molecule has 0 saturated carbocycles. The number of nitrogens with zero attached hydrogens (tertiary/aromatic N) is 1. The third-order valence-electron chi connectivity index (χ3n) is 4.89. The molecule has 3 N–H and O–H groups in total. The zero-order valence-corrected chi connectivity index (χ0v) is 18.3. The first-order chi connectivity index (χ1) is 12.6. The number of aromatic hydroxyl groups is 1. The number of hydrogen-bond donors (Lipinski definition) is 3. The molecule has 1 aliphatic heterocycles. The van der Waals surface area contributed by atoms with Gasteiger partial charge in [0, 0.05) is 17.9 Å². The highest BCUT2D eigenvalue weighted by atomic mass is 32.2. The summed E-state index contributed by atoms with van der Waals surface area (Å²) in [4.78, 5) is 31.9. The van der Waals surface area contributed by atoms with Gasteiger partial charge in [0.2, 0.25) is 0 Å². The van der Waals surface area contributed by atoms with Crippen LogP contribution >= 0.6 is 7.82 Å². The van der Waals surface area contributed by atoms with Crippen molar-refractivity contribution < 1.29 is 37.2 Å². The zero-order chi connectivity index (χ0) is 21.8. The van der Waals surface area contributed by atoms with Crippen LogP contribution in [0.4, 0.5) is 0 Å². The molecule has 9 nitrogen and oxygen atoms in total. The predicted octanol–water partition coefficient (Wildman–Crippen LogP) is 2.78. The van der Waals surface area contributed by atoms with Crippen LogP contribution in [0.1, 0.15) is 63.4 Å². The van der Waals surface area contributed by atoms with Crippen molar-refractivity contribution in [2.75, 3.05) is 0 Å². The lowest BCUT2D eigenvalue weighted by Crippen LogP contribution is -2.59. The van der Waals surface area contributed by atoms with Crippen LogP contribution in [0.15, 0.2) is 17.0 Å². The molecular formula is C17H26NO8PS. The van der Waals surface area contributed by atoms with Gasteiger partial charge in [-0.25, -0.2) is 13.0 Å². The van der Waals surface area contributed by atoms with Crippen molar-refractivity contribution in [1.82, 2.24) is 4.31 Å². The van der Waals surface area contributed by atoms with Crippen LogP contribution in [0.3, 0.4) is 0 Å². The summed E-state index contributed by atoms with van der Waals surface area (Å²) in [6.07, 6.45) is 0. The second-order valence-corrected chi connectivity index (χ2v) is 10.7. The molecule has 0 radical (unpaired) electrons. The second-order valence-electron chi connectivity index (χ2n) is 7.78. The van der Waals surface area contributed by atoms with E-state index in [0.29, 0.717) is 9.87 Å². The van der Waals surface area contributed by atoms with Gasteiger partial charge < -0.3 is 14.9 Å². The number of rotatable bonds is 6. The molecule has 2 rings (SSSR count). The number of carbonyl (C=O) groups excluding carboxylic acids is 1. The van der Waals surface area contributed by atoms with Gasteiger partial charge in [-0.15, -0.1) is 0 Å². The number of benzene rings is 1. The molecule has 11 heteroatoms. The minimum atomic E-state index is -5.17. The summed E-state index contributed by atoms with van der Waals surface area (Å²) in [5.74, 6) is -3.12. The number of hydrogen-bond acceptors (Lipinski definition) is 6. The topological polar surface area (TPSA) is 141 Å². The van der Waals surface area contributed by atoms with Crippen LogP contribution in [0.2, 0.25) is 0 Å². The Morgan fingerprint density at radius 3 is 1.96 bits per heavy atom. The van der Waals surface area contributed by atoms with E-state index >= 15 is 0 Å². The summed E-state index contributed by atoms with van der Waals surface area (Å²) in [6, 6.07) is 2.29. The number of carbonyl (C=O) groups is 1. The Balaban J connectivity index is 2.89. The molecule has 1 heterocycles. The van der Waals surface area contributed by atoms with Gasteiger partial charge in [-0.3, -0.25) is 9.32 Å². The lowest BCUT2D eigenvalue weighted by atomic mass is 9.87. The quantitative estimate of drug-likeness (QED) is 0.579. The van der Waals surface area contributed by atoms with Crippen LogP contribution < -0.4 is 0 Å². The highest BCUT2D eigenvalue weighted by Crippen LogP contribution is 2.53. The number of phenolic OH excluding ortho intramolecular Hbond substituents is 1. The average Bonchev–Trinajstić information content (AvgIpc) is 2.69. The molecule has 158 valence electrons. The molecule has 0 aromatic heterocycles. The molecule has 0 saturated heterocycles. The maximum absolute atomic E-state index is 13.3. The molecule has 1 aromatic carbocycles. The van der Waals surface area contributed by atoms with Crippen molar-refractivity contribution in [2.24, 2.45) is 11.8 Å². The van der Waals surface area contributed by atoms with Gasteiger partial charge in [-0.2, -0.15) is 4.31 Å². The molecular weight excluding hydrogens is 409 g/mol. The van der Waals surface area contributed by atoms with Crippen LogP contribution in [-0.4, -0.2) is 39.2 Å². The summed E-state index contributed by atoms with van der Waals surface area (Å²) >= 11 is 0. The van der Waals surface area contributed by atoms with E-state index in [2.05, 4.69) is 0 Å². The molecule has 0 spiro atoms. The van der Waals surface area contributed by atoms with Crippen LogP contribution in [0, 0.1) is 11.8 Å². The van der Waals surface area contributed by atoms with E-state index in [1.165, 1.54) is 33.8 Å². The van der Waals surface area contributed by atoms with Crippen molar-refractivity contribution in [3.8, 4) is 5.75 Å². The zero-order valence-electron chi connectivity index (χ0n) is 16.6. The fourth-order valence-electron chi connectivity index (χ4n) is 3.74. The third kappa shape index (κ3) is 3.48. The Hall–Kier alpha value is -1.45. The van der Waals surface area contributed by atoms with E-state index in [0.717, 1.165) is 6.07 Å². The highest BCUT2D eigenvalue weighted by molar-refractivity contribution is 7.90. The summed E-state index contributed by atoms with van der Waals surface area (Å²) in [5, 5.41) is 9.99. The van der Waals surface area contributed by atoms with Gasteiger partial charge in [-0.1, -0.05) is 41.5 Å². The molecule has 1 amide bonds. The summed E-state index contributed by atoms with van der Waals surface area (Å²) < 4.78 is 43.8. The van der Waals surface area contributed by atoms with E-state index in [1.807, 2.05) is 0 Å². The molecule has 1 aliphatic rings. The highest BCUT2D eigenvalue weighted by Gasteiger charge is 2.60. The van der Waals surface area contributed by atoms with Gasteiger partial charge in [0.25, 0.3) is 15.9 Å². The van der Waals surface area contributed by atoms with Gasteiger partial charge in [0.15, 0.2) is 5.72 Å². The van der Waals surface area contributed by atoms with Crippen LogP contribution in [-0.2, 0) is 19.1 Å². The van der Waals surface area contributed by atoms with E-state index in [4.69, 9.17) is 4.52 Å². The van der Waals surface area contributed by atoms with Crippen molar-refractivity contribution in [3.63, 3.8) is 0 Å². The maximum atomic E-state index is 13.3. The minimum Gasteiger partial charge on any atom is -0.508 e. The Morgan fingerprint density at radius 2 is 1.57 bits per heavy atom. The Bertz CT molecular complexity index is 940. The van der Waals surface area contributed by atoms with E-state index in [-0.39, 0.29) is 17.2 Å². The lowest BCUT2D eigenvalue weighted by molar-refractivity contribution is -0.108. The first-order valence-electron chi connectivity index (χ1n) is 8.80. The van der Waals surface area contributed by atoms with Crippen molar-refractivity contribution in [3.05, 3.63) is 23.3 Å². The third-order valence-corrected chi connectivity index (χ3v) is 7.23. The molecule has 1 aromatic rings. The number of phosphoric acid groups is 1. The SMILES string of the molecule is CC(C)c1cc(O)cc2c1C(=O)N(C(OP(=O)(O)O)(C(C)C)C(C)C)S2(=O)=O. The van der Waals surface area contributed by atoms with Gasteiger partial charge >= 0.3 is 7.82 Å². The van der Waals surface area contributed by atoms with Crippen molar-refractivity contribution >= 4 is 23.8 Å².